The SMILES string of the molecule is CCN(CC)C(=O)c1cc(NC(C)(C)C)ccn1. The zero-order chi connectivity index (χ0) is 13.8. The van der Waals surface area contributed by atoms with E-state index >= 15 is 0 Å². The van der Waals surface area contributed by atoms with E-state index in [9.17, 15) is 4.79 Å². The second kappa shape index (κ2) is 5.85. The normalized spacial score (nSPS) is 11.2. The Morgan fingerprint density at radius 2 is 1.94 bits per heavy atom. The van der Waals surface area contributed by atoms with E-state index in [4.69, 9.17) is 0 Å². The van der Waals surface area contributed by atoms with Crippen molar-refractivity contribution in [1.82, 2.24) is 9.88 Å². The second-order valence-corrected chi connectivity index (χ2v) is 5.28. The van der Waals surface area contributed by atoms with Crippen molar-refractivity contribution in [3.05, 3.63) is 24.0 Å². The van der Waals surface area contributed by atoms with Crippen molar-refractivity contribution < 1.29 is 4.79 Å². The molecule has 0 radical (unpaired) electrons. The molecule has 1 heterocycles. The smallest absolute Gasteiger partial charge is 0.272 e. The van der Waals surface area contributed by atoms with E-state index in [1.54, 1.807) is 11.1 Å². The molecule has 4 nitrogen and oxygen atoms in total. The quantitative estimate of drug-likeness (QED) is 0.892. The minimum Gasteiger partial charge on any atom is -0.380 e. The van der Waals surface area contributed by atoms with E-state index in [-0.39, 0.29) is 11.4 Å². The molecule has 4 heteroatoms. The maximum atomic E-state index is 12.2. The lowest BCUT2D eigenvalue weighted by molar-refractivity contribution is 0.0767. The minimum atomic E-state index is -0.0309. The summed E-state index contributed by atoms with van der Waals surface area (Å²) in [5, 5.41) is 3.34. The molecule has 0 saturated carbocycles. The highest BCUT2D eigenvalue weighted by Gasteiger charge is 2.15. The maximum Gasteiger partial charge on any atom is 0.272 e. The highest BCUT2D eigenvalue weighted by atomic mass is 16.2. The topological polar surface area (TPSA) is 45.2 Å². The molecule has 1 N–H and O–H groups in total. The van der Waals surface area contributed by atoms with E-state index in [0.717, 1.165) is 5.69 Å². The lowest BCUT2D eigenvalue weighted by Gasteiger charge is -2.23. The van der Waals surface area contributed by atoms with Crippen LogP contribution in [-0.2, 0) is 0 Å². The fraction of sp³-hybridized carbons (Fsp3) is 0.571. The summed E-state index contributed by atoms with van der Waals surface area (Å²) in [5.41, 5.74) is 1.39. The second-order valence-electron chi connectivity index (χ2n) is 5.28. The lowest BCUT2D eigenvalue weighted by Crippen LogP contribution is -2.31. The predicted molar refractivity (Wildman–Crippen MR) is 74.9 cm³/mol. The van der Waals surface area contributed by atoms with E-state index in [2.05, 4.69) is 31.1 Å². The van der Waals surface area contributed by atoms with Crippen LogP contribution in [0.15, 0.2) is 18.3 Å². The Morgan fingerprint density at radius 1 is 1.33 bits per heavy atom. The summed E-state index contributed by atoms with van der Waals surface area (Å²) >= 11 is 0. The number of anilines is 1. The van der Waals surface area contributed by atoms with Crippen molar-refractivity contribution in [2.75, 3.05) is 18.4 Å². The molecule has 18 heavy (non-hydrogen) atoms. The number of hydrogen-bond acceptors (Lipinski definition) is 3. The molecular weight excluding hydrogens is 226 g/mol. The van der Waals surface area contributed by atoms with Gasteiger partial charge in [-0.2, -0.15) is 0 Å². The highest BCUT2D eigenvalue weighted by molar-refractivity contribution is 5.93. The Kier molecular flexibility index (Phi) is 4.70. The van der Waals surface area contributed by atoms with Gasteiger partial charge in [-0.05, 0) is 46.8 Å². The molecule has 100 valence electrons. The van der Waals surface area contributed by atoms with Gasteiger partial charge in [0.25, 0.3) is 5.91 Å². The minimum absolute atomic E-state index is 0.0161. The molecule has 0 aliphatic carbocycles. The standard InChI is InChI=1S/C14H23N3O/c1-6-17(7-2)13(18)12-10-11(8-9-15-12)16-14(3,4)5/h8-10H,6-7H2,1-5H3,(H,15,16). The van der Waals surface area contributed by atoms with Crippen molar-refractivity contribution in [1.29, 1.82) is 0 Å². The van der Waals surface area contributed by atoms with E-state index in [1.165, 1.54) is 0 Å². The molecule has 0 spiro atoms. The molecule has 0 aliphatic heterocycles. The zero-order valence-corrected chi connectivity index (χ0v) is 11.9. The van der Waals surface area contributed by atoms with Gasteiger partial charge in [0.15, 0.2) is 0 Å². The van der Waals surface area contributed by atoms with Gasteiger partial charge in [-0.3, -0.25) is 9.78 Å². The Morgan fingerprint density at radius 3 is 2.44 bits per heavy atom. The predicted octanol–water partition coefficient (Wildman–Crippen LogP) is 2.77. The third kappa shape index (κ3) is 4.02. The van der Waals surface area contributed by atoms with Gasteiger partial charge in [0.2, 0.25) is 0 Å². The average Bonchev–Trinajstić information content (AvgIpc) is 2.28. The number of rotatable bonds is 4. The van der Waals surface area contributed by atoms with Gasteiger partial charge in [0.05, 0.1) is 0 Å². The van der Waals surface area contributed by atoms with Crippen LogP contribution in [-0.4, -0.2) is 34.4 Å². The van der Waals surface area contributed by atoms with Crippen LogP contribution in [0.5, 0.6) is 0 Å². The summed E-state index contributed by atoms with van der Waals surface area (Å²) in [4.78, 5) is 18.1. The summed E-state index contributed by atoms with van der Waals surface area (Å²) < 4.78 is 0. The first kappa shape index (κ1) is 14.5. The van der Waals surface area contributed by atoms with Crippen LogP contribution in [0.4, 0.5) is 5.69 Å². The number of nitrogens with one attached hydrogen (secondary N) is 1. The monoisotopic (exact) mass is 249 g/mol. The van der Waals surface area contributed by atoms with Crippen LogP contribution in [0, 0.1) is 0 Å². The molecule has 0 bridgehead atoms. The van der Waals surface area contributed by atoms with Crippen molar-refractivity contribution in [3.8, 4) is 0 Å². The summed E-state index contributed by atoms with van der Waals surface area (Å²) in [5.74, 6) is -0.0161. The van der Waals surface area contributed by atoms with E-state index < -0.39 is 0 Å². The fourth-order valence-corrected chi connectivity index (χ4v) is 1.73. The molecule has 0 fully saturated rings. The van der Waals surface area contributed by atoms with Crippen molar-refractivity contribution in [2.24, 2.45) is 0 Å². The van der Waals surface area contributed by atoms with Gasteiger partial charge in [0, 0.05) is 30.5 Å². The van der Waals surface area contributed by atoms with E-state index in [1.807, 2.05) is 26.0 Å². The molecule has 1 amide bonds. The Labute approximate surface area is 109 Å². The number of aromatic nitrogens is 1. The molecule has 1 rings (SSSR count). The largest absolute Gasteiger partial charge is 0.380 e. The number of carbonyl (C=O) groups excluding carboxylic acids is 1. The van der Waals surface area contributed by atoms with Crippen molar-refractivity contribution in [3.63, 3.8) is 0 Å². The lowest BCUT2D eigenvalue weighted by atomic mass is 10.1. The molecule has 0 aromatic carbocycles. The fourth-order valence-electron chi connectivity index (χ4n) is 1.73. The van der Waals surface area contributed by atoms with Gasteiger partial charge in [-0.15, -0.1) is 0 Å². The summed E-state index contributed by atoms with van der Waals surface area (Å²) in [6, 6.07) is 3.69. The van der Waals surface area contributed by atoms with Crippen LogP contribution in [0.25, 0.3) is 0 Å². The van der Waals surface area contributed by atoms with Crippen LogP contribution < -0.4 is 5.32 Å². The van der Waals surface area contributed by atoms with Gasteiger partial charge in [0.1, 0.15) is 5.69 Å². The number of amides is 1. The number of carbonyl (C=O) groups is 1. The van der Waals surface area contributed by atoms with Gasteiger partial charge >= 0.3 is 0 Å². The zero-order valence-electron chi connectivity index (χ0n) is 11.9. The molecule has 0 aliphatic rings. The average molecular weight is 249 g/mol. The Balaban J connectivity index is 2.91. The first-order chi connectivity index (χ1) is 8.37. The number of nitrogens with zero attached hydrogens (tertiary/aromatic N) is 2. The van der Waals surface area contributed by atoms with E-state index in [0.29, 0.717) is 18.8 Å². The third-order valence-corrected chi connectivity index (χ3v) is 2.55. The summed E-state index contributed by atoms with van der Waals surface area (Å²) in [6.45, 7) is 11.6. The molecule has 0 atom stereocenters. The third-order valence-electron chi connectivity index (χ3n) is 2.55. The maximum absolute atomic E-state index is 12.2. The van der Waals surface area contributed by atoms with Gasteiger partial charge in [-0.25, -0.2) is 0 Å². The molecule has 0 saturated heterocycles. The van der Waals surface area contributed by atoms with Gasteiger partial charge in [-0.1, -0.05) is 0 Å². The number of hydrogen-bond donors (Lipinski definition) is 1. The van der Waals surface area contributed by atoms with Crippen molar-refractivity contribution in [2.45, 2.75) is 40.2 Å². The number of pyridine rings is 1. The Hall–Kier alpha value is -1.58. The molecule has 0 unspecified atom stereocenters. The molecule has 1 aromatic rings. The molecular formula is C14H23N3O. The van der Waals surface area contributed by atoms with Crippen molar-refractivity contribution >= 4 is 11.6 Å². The van der Waals surface area contributed by atoms with Crippen LogP contribution in [0.1, 0.15) is 45.1 Å². The first-order valence-electron chi connectivity index (χ1n) is 6.41. The first-order valence-corrected chi connectivity index (χ1v) is 6.41. The highest BCUT2D eigenvalue weighted by Crippen LogP contribution is 2.15. The van der Waals surface area contributed by atoms with Crippen LogP contribution in [0.2, 0.25) is 0 Å². The molecule has 1 aromatic heterocycles. The summed E-state index contributed by atoms with van der Waals surface area (Å²) in [7, 11) is 0. The van der Waals surface area contributed by atoms with Crippen LogP contribution in [0.3, 0.4) is 0 Å². The van der Waals surface area contributed by atoms with Gasteiger partial charge < -0.3 is 10.2 Å². The van der Waals surface area contributed by atoms with Crippen LogP contribution >= 0.6 is 0 Å². The summed E-state index contributed by atoms with van der Waals surface area (Å²) in [6.07, 6.45) is 1.67. The Bertz CT molecular complexity index is 406.